The number of hydrogen-bond donors (Lipinski definition) is 2. The molecule has 1 heterocycles. The SMILES string of the molecule is CC(C)N(C)C(=O)C(=O)NCCN1CCNCC1. The van der Waals surface area contributed by atoms with Crippen LogP contribution in [0.3, 0.4) is 0 Å². The van der Waals surface area contributed by atoms with Crippen molar-refractivity contribution in [3.8, 4) is 0 Å². The largest absolute Gasteiger partial charge is 0.347 e. The minimum Gasteiger partial charge on any atom is -0.347 e. The Labute approximate surface area is 109 Å². The molecule has 2 amide bonds. The third-order valence-electron chi connectivity index (χ3n) is 3.21. The molecule has 104 valence electrons. The van der Waals surface area contributed by atoms with Gasteiger partial charge >= 0.3 is 11.8 Å². The zero-order valence-electron chi connectivity index (χ0n) is 11.5. The molecule has 0 bridgehead atoms. The zero-order chi connectivity index (χ0) is 13.5. The molecule has 0 unspecified atom stereocenters. The van der Waals surface area contributed by atoms with E-state index in [9.17, 15) is 9.59 Å². The number of amides is 2. The zero-order valence-corrected chi connectivity index (χ0v) is 11.5. The van der Waals surface area contributed by atoms with Crippen LogP contribution >= 0.6 is 0 Å². The predicted molar refractivity (Wildman–Crippen MR) is 70.2 cm³/mol. The minimum atomic E-state index is -0.513. The highest BCUT2D eigenvalue weighted by atomic mass is 16.2. The van der Waals surface area contributed by atoms with E-state index in [2.05, 4.69) is 15.5 Å². The minimum absolute atomic E-state index is 0.0384. The van der Waals surface area contributed by atoms with Crippen molar-refractivity contribution in [3.63, 3.8) is 0 Å². The molecule has 1 aliphatic heterocycles. The van der Waals surface area contributed by atoms with Crippen molar-refractivity contribution in [1.82, 2.24) is 20.4 Å². The van der Waals surface area contributed by atoms with Crippen LogP contribution in [0.2, 0.25) is 0 Å². The Hall–Kier alpha value is -1.14. The van der Waals surface area contributed by atoms with Crippen molar-refractivity contribution >= 4 is 11.8 Å². The molecule has 0 radical (unpaired) electrons. The van der Waals surface area contributed by atoms with E-state index in [1.807, 2.05) is 13.8 Å². The Kier molecular flexibility index (Phi) is 6.07. The Balaban J connectivity index is 2.21. The van der Waals surface area contributed by atoms with E-state index in [-0.39, 0.29) is 6.04 Å². The molecule has 0 atom stereocenters. The fourth-order valence-electron chi connectivity index (χ4n) is 1.73. The van der Waals surface area contributed by atoms with Crippen LogP contribution in [0.25, 0.3) is 0 Å². The van der Waals surface area contributed by atoms with Crippen molar-refractivity contribution in [2.75, 3.05) is 46.3 Å². The molecule has 1 saturated heterocycles. The van der Waals surface area contributed by atoms with Crippen molar-refractivity contribution in [1.29, 1.82) is 0 Å². The van der Waals surface area contributed by atoms with Crippen LogP contribution in [0.1, 0.15) is 13.8 Å². The predicted octanol–water partition coefficient (Wildman–Crippen LogP) is -1.13. The van der Waals surface area contributed by atoms with Crippen LogP contribution in [0.15, 0.2) is 0 Å². The van der Waals surface area contributed by atoms with Crippen LogP contribution < -0.4 is 10.6 Å². The molecule has 1 aliphatic rings. The summed E-state index contributed by atoms with van der Waals surface area (Å²) < 4.78 is 0. The van der Waals surface area contributed by atoms with E-state index in [0.717, 1.165) is 32.7 Å². The van der Waals surface area contributed by atoms with Gasteiger partial charge in [0.25, 0.3) is 0 Å². The number of likely N-dealkylation sites (N-methyl/N-ethyl adjacent to an activating group) is 1. The lowest BCUT2D eigenvalue weighted by Crippen LogP contribution is -2.48. The summed E-state index contributed by atoms with van der Waals surface area (Å²) >= 11 is 0. The topological polar surface area (TPSA) is 64.7 Å². The van der Waals surface area contributed by atoms with Gasteiger partial charge in [0.05, 0.1) is 0 Å². The van der Waals surface area contributed by atoms with Gasteiger partial charge in [-0.05, 0) is 13.8 Å². The van der Waals surface area contributed by atoms with E-state index in [4.69, 9.17) is 0 Å². The summed E-state index contributed by atoms with van der Waals surface area (Å²) in [5.41, 5.74) is 0. The Morgan fingerprint density at radius 3 is 2.50 bits per heavy atom. The quantitative estimate of drug-likeness (QED) is 0.625. The number of rotatable bonds is 4. The van der Waals surface area contributed by atoms with Crippen LogP contribution in [0.4, 0.5) is 0 Å². The van der Waals surface area contributed by atoms with Gasteiger partial charge in [0.2, 0.25) is 0 Å². The van der Waals surface area contributed by atoms with Crippen LogP contribution in [0.5, 0.6) is 0 Å². The van der Waals surface area contributed by atoms with Crippen LogP contribution in [-0.2, 0) is 9.59 Å². The summed E-state index contributed by atoms with van der Waals surface area (Å²) in [6, 6.07) is 0.0384. The van der Waals surface area contributed by atoms with Gasteiger partial charge in [-0.2, -0.15) is 0 Å². The van der Waals surface area contributed by atoms with Gasteiger partial charge in [0, 0.05) is 52.4 Å². The van der Waals surface area contributed by atoms with Crippen molar-refractivity contribution in [3.05, 3.63) is 0 Å². The fourth-order valence-corrected chi connectivity index (χ4v) is 1.73. The van der Waals surface area contributed by atoms with E-state index >= 15 is 0 Å². The van der Waals surface area contributed by atoms with Crippen molar-refractivity contribution in [2.45, 2.75) is 19.9 Å². The second-order valence-corrected chi connectivity index (χ2v) is 4.86. The molecular weight excluding hydrogens is 232 g/mol. The molecular formula is C12H24N4O2. The van der Waals surface area contributed by atoms with Gasteiger partial charge in [0.1, 0.15) is 0 Å². The first-order valence-electron chi connectivity index (χ1n) is 6.50. The third-order valence-corrected chi connectivity index (χ3v) is 3.21. The molecule has 2 N–H and O–H groups in total. The van der Waals surface area contributed by atoms with E-state index < -0.39 is 11.8 Å². The molecule has 0 aromatic rings. The summed E-state index contributed by atoms with van der Waals surface area (Å²) in [5.74, 6) is -0.980. The monoisotopic (exact) mass is 256 g/mol. The Morgan fingerprint density at radius 1 is 1.33 bits per heavy atom. The maximum atomic E-state index is 11.7. The smallest absolute Gasteiger partial charge is 0.311 e. The molecule has 0 aromatic carbocycles. The average Bonchev–Trinajstić information content (AvgIpc) is 2.38. The first kappa shape index (κ1) is 14.9. The van der Waals surface area contributed by atoms with E-state index in [1.165, 1.54) is 4.90 Å². The number of piperazine rings is 1. The average molecular weight is 256 g/mol. The molecule has 6 heteroatoms. The highest BCUT2D eigenvalue weighted by molar-refractivity contribution is 6.34. The molecule has 0 aromatic heterocycles. The standard InChI is InChI=1S/C12H24N4O2/c1-10(2)15(3)12(18)11(17)14-6-9-16-7-4-13-5-8-16/h10,13H,4-9H2,1-3H3,(H,14,17). The van der Waals surface area contributed by atoms with Gasteiger partial charge in [-0.15, -0.1) is 0 Å². The molecule has 0 aliphatic carbocycles. The molecule has 6 nitrogen and oxygen atoms in total. The normalized spacial score (nSPS) is 16.7. The summed E-state index contributed by atoms with van der Waals surface area (Å²) in [5, 5.41) is 5.94. The van der Waals surface area contributed by atoms with Crippen LogP contribution in [-0.4, -0.2) is 74.0 Å². The summed E-state index contributed by atoms with van der Waals surface area (Å²) in [7, 11) is 1.64. The van der Waals surface area contributed by atoms with Crippen molar-refractivity contribution in [2.24, 2.45) is 0 Å². The lowest BCUT2D eigenvalue weighted by molar-refractivity contribution is -0.146. The first-order chi connectivity index (χ1) is 8.52. The Bertz CT molecular complexity index is 288. The highest BCUT2D eigenvalue weighted by Crippen LogP contribution is 1.94. The Morgan fingerprint density at radius 2 is 1.94 bits per heavy atom. The van der Waals surface area contributed by atoms with Crippen molar-refractivity contribution < 1.29 is 9.59 Å². The van der Waals surface area contributed by atoms with Gasteiger partial charge in [-0.3, -0.25) is 14.5 Å². The number of nitrogens with one attached hydrogen (secondary N) is 2. The lowest BCUT2D eigenvalue weighted by atomic mass is 10.3. The summed E-state index contributed by atoms with van der Waals surface area (Å²) in [6.45, 7) is 9.05. The lowest BCUT2D eigenvalue weighted by Gasteiger charge is -2.27. The second kappa shape index (κ2) is 7.33. The van der Waals surface area contributed by atoms with E-state index in [1.54, 1.807) is 7.05 Å². The third kappa shape index (κ3) is 4.62. The molecule has 1 fully saturated rings. The number of nitrogens with zero attached hydrogens (tertiary/aromatic N) is 2. The number of hydrogen-bond acceptors (Lipinski definition) is 4. The van der Waals surface area contributed by atoms with Crippen LogP contribution in [0, 0.1) is 0 Å². The fraction of sp³-hybridized carbons (Fsp3) is 0.833. The maximum Gasteiger partial charge on any atom is 0.311 e. The number of carbonyl (C=O) groups excluding carboxylic acids is 2. The summed E-state index contributed by atoms with van der Waals surface area (Å²) in [4.78, 5) is 27.0. The number of carbonyl (C=O) groups is 2. The summed E-state index contributed by atoms with van der Waals surface area (Å²) in [6.07, 6.45) is 0. The molecule has 1 rings (SSSR count). The highest BCUT2D eigenvalue weighted by Gasteiger charge is 2.20. The van der Waals surface area contributed by atoms with Gasteiger partial charge in [-0.1, -0.05) is 0 Å². The van der Waals surface area contributed by atoms with E-state index in [0.29, 0.717) is 6.54 Å². The molecule has 0 saturated carbocycles. The molecule has 18 heavy (non-hydrogen) atoms. The van der Waals surface area contributed by atoms with Gasteiger partial charge in [0.15, 0.2) is 0 Å². The maximum absolute atomic E-state index is 11.7. The van der Waals surface area contributed by atoms with Gasteiger partial charge in [-0.25, -0.2) is 0 Å². The second-order valence-electron chi connectivity index (χ2n) is 4.86. The molecule has 0 spiro atoms. The van der Waals surface area contributed by atoms with Gasteiger partial charge < -0.3 is 15.5 Å². The first-order valence-corrected chi connectivity index (χ1v) is 6.50.